The summed E-state index contributed by atoms with van der Waals surface area (Å²) in [6.07, 6.45) is 0. The number of hydrogen-bond donors (Lipinski definition) is 0. The molecule has 0 N–H and O–H groups in total. The Balaban J connectivity index is 1.55. The number of rotatable bonds is 4. The van der Waals surface area contributed by atoms with E-state index in [1.807, 2.05) is 6.07 Å². The van der Waals surface area contributed by atoms with Crippen LogP contribution in [-0.4, -0.2) is 33.0 Å². The van der Waals surface area contributed by atoms with Crippen LogP contribution in [0.25, 0.3) is 11.4 Å². The number of aromatic nitrogens is 2. The van der Waals surface area contributed by atoms with Crippen LogP contribution in [0.5, 0.6) is 0 Å². The lowest BCUT2D eigenvalue weighted by Crippen LogP contribution is -2.33. The highest BCUT2D eigenvalue weighted by Crippen LogP contribution is 2.27. The van der Waals surface area contributed by atoms with Crippen molar-refractivity contribution in [3.63, 3.8) is 0 Å². The van der Waals surface area contributed by atoms with Gasteiger partial charge in [-0.2, -0.15) is 4.98 Å². The SMILES string of the molecule is CC1C(=O)N(Cc2nc(-c3ccc(F)cc3)no2)C(=O)N1c1ccccc1. The molecular weight excluding hydrogens is 351 g/mol. The number of halogens is 1. The lowest BCUT2D eigenvalue weighted by molar-refractivity contribution is -0.127. The largest absolute Gasteiger partial charge is 0.337 e. The summed E-state index contributed by atoms with van der Waals surface area (Å²) >= 11 is 0. The third-order valence-electron chi connectivity index (χ3n) is 4.35. The highest BCUT2D eigenvalue weighted by Gasteiger charge is 2.43. The fraction of sp³-hybridized carbons (Fsp3) is 0.158. The normalized spacial score (nSPS) is 17.0. The van der Waals surface area contributed by atoms with Gasteiger partial charge in [0.1, 0.15) is 18.4 Å². The molecule has 1 fully saturated rings. The molecule has 0 spiro atoms. The fourth-order valence-electron chi connectivity index (χ4n) is 2.96. The van der Waals surface area contributed by atoms with Crippen molar-refractivity contribution in [1.82, 2.24) is 15.0 Å². The maximum absolute atomic E-state index is 13.0. The number of para-hydroxylation sites is 1. The first-order chi connectivity index (χ1) is 13.0. The molecule has 4 rings (SSSR count). The zero-order valence-electron chi connectivity index (χ0n) is 14.4. The quantitative estimate of drug-likeness (QED) is 0.663. The number of nitrogens with zero attached hydrogens (tertiary/aromatic N) is 4. The smallest absolute Gasteiger partial charge is 0.332 e. The Morgan fingerprint density at radius 1 is 1.07 bits per heavy atom. The van der Waals surface area contributed by atoms with Gasteiger partial charge in [0.05, 0.1) is 0 Å². The molecule has 3 aromatic rings. The van der Waals surface area contributed by atoms with E-state index in [1.54, 1.807) is 31.2 Å². The summed E-state index contributed by atoms with van der Waals surface area (Å²) in [5.41, 5.74) is 1.22. The summed E-state index contributed by atoms with van der Waals surface area (Å²) in [7, 11) is 0. The van der Waals surface area contributed by atoms with Gasteiger partial charge in [-0.15, -0.1) is 0 Å². The van der Waals surface area contributed by atoms with Crippen LogP contribution < -0.4 is 4.90 Å². The highest BCUT2D eigenvalue weighted by molar-refractivity contribution is 6.13. The Morgan fingerprint density at radius 3 is 2.48 bits per heavy atom. The molecule has 0 aliphatic carbocycles. The van der Waals surface area contributed by atoms with E-state index < -0.39 is 12.1 Å². The standard InChI is InChI=1S/C19H15FN4O3/c1-12-18(25)23(19(26)24(12)15-5-3-2-4-6-15)11-16-21-17(22-27-16)13-7-9-14(20)10-8-13/h2-10,12H,11H2,1H3. The van der Waals surface area contributed by atoms with Crippen LogP contribution in [0.15, 0.2) is 59.1 Å². The molecule has 1 aliphatic rings. The summed E-state index contributed by atoms with van der Waals surface area (Å²) < 4.78 is 18.2. The van der Waals surface area contributed by atoms with Gasteiger partial charge in [-0.1, -0.05) is 23.4 Å². The highest BCUT2D eigenvalue weighted by atomic mass is 19.1. The van der Waals surface area contributed by atoms with E-state index >= 15 is 0 Å². The van der Waals surface area contributed by atoms with E-state index in [0.717, 1.165) is 4.90 Å². The van der Waals surface area contributed by atoms with E-state index in [-0.39, 0.29) is 30.0 Å². The minimum absolute atomic E-state index is 0.123. The van der Waals surface area contributed by atoms with Gasteiger partial charge < -0.3 is 4.52 Å². The second-order valence-electron chi connectivity index (χ2n) is 6.11. The predicted molar refractivity (Wildman–Crippen MR) is 94.0 cm³/mol. The number of anilines is 1. The van der Waals surface area contributed by atoms with E-state index in [4.69, 9.17) is 4.52 Å². The number of carbonyl (C=O) groups is 2. The average molecular weight is 366 g/mol. The topological polar surface area (TPSA) is 79.5 Å². The average Bonchev–Trinajstić information content (AvgIpc) is 3.22. The Bertz CT molecular complexity index is 988. The maximum atomic E-state index is 13.0. The summed E-state index contributed by atoms with van der Waals surface area (Å²) in [6.45, 7) is 1.55. The Hall–Kier alpha value is -3.55. The molecule has 2 heterocycles. The Kier molecular flexibility index (Phi) is 4.15. The molecule has 1 unspecified atom stereocenters. The molecular formula is C19H15FN4O3. The lowest BCUT2D eigenvalue weighted by atomic mass is 10.2. The van der Waals surface area contributed by atoms with Crippen molar-refractivity contribution in [2.75, 3.05) is 4.90 Å². The molecule has 1 aliphatic heterocycles. The van der Waals surface area contributed by atoms with Gasteiger partial charge in [0, 0.05) is 11.3 Å². The molecule has 2 aromatic carbocycles. The van der Waals surface area contributed by atoms with Gasteiger partial charge in [-0.05, 0) is 43.3 Å². The van der Waals surface area contributed by atoms with E-state index in [0.29, 0.717) is 11.3 Å². The monoisotopic (exact) mass is 366 g/mol. The summed E-state index contributed by atoms with van der Waals surface area (Å²) in [5, 5.41) is 3.83. The van der Waals surface area contributed by atoms with Crippen molar-refractivity contribution in [2.45, 2.75) is 19.5 Å². The van der Waals surface area contributed by atoms with E-state index in [2.05, 4.69) is 10.1 Å². The van der Waals surface area contributed by atoms with E-state index in [9.17, 15) is 14.0 Å². The summed E-state index contributed by atoms with van der Waals surface area (Å²) in [4.78, 5) is 32.0. The molecule has 3 amide bonds. The number of urea groups is 1. The van der Waals surface area contributed by atoms with Crippen LogP contribution in [0.1, 0.15) is 12.8 Å². The van der Waals surface area contributed by atoms with Crippen LogP contribution >= 0.6 is 0 Å². The molecule has 7 nitrogen and oxygen atoms in total. The first-order valence-corrected chi connectivity index (χ1v) is 8.33. The van der Waals surface area contributed by atoms with Crippen molar-refractivity contribution < 1.29 is 18.5 Å². The minimum Gasteiger partial charge on any atom is -0.337 e. The summed E-state index contributed by atoms with van der Waals surface area (Å²) in [6, 6.07) is 13.5. The number of benzene rings is 2. The number of carbonyl (C=O) groups excluding carboxylic acids is 2. The first kappa shape index (κ1) is 16.9. The fourth-order valence-corrected chi connectivity index (χ4v) is 2.96. The number of amides is 3. The van der Waals surface area contributed by atoms with Gasteiger partial charge in [0.25, 0.3) is 5.91 Å². The molecule has 1 aromatic heterocycles. The minimum atomic E-state index is -0.626. The Labute approximate surface area is 154 Å². The van der Waals surface area contributed by atoms with Gasteiger partial charge in [-0.3, -0.25) is 14.6 Å². The van der Waals surface area contributed by atoms with Crippen molar-refractivity contribution in [2.24, 2.45) is 0 Å². The molecule has 0 radical (unpaired) electrons. The predicted octanol–water partition coefficient (Wildman–Crippen LogP) is 3.23. The molecule has 0 saturated carbocycles. The van der Waals surface area contributed by atoms with Crippen molar-refractivity contribution in [1.29, 1.82) is 0 Å². The van der Waals surface area contributed by atoms with Gasteiger partial charge in [0.15, 0.2) is 0 Å². The second-order valence-corrected chi connectivity index (χ2v) is 6.11. The zero-order valence-corrected chi connectivity index (χ0v) is 14.4. The van der Waals surface area contributed by atoms with Crippen LogP contribution in [-0.2, 0) is 11.3 Å². The third-order valence-corrected chi connectivity index (χ3v) is 4.35. The third kappa shape index (κ3) is 3.05. The van der Waals surface area contributed by atoms with Crippen LogP contribution in [0.2, 0.25) is 0 Å². The van der Waals surface area contributed by atoms with Crippen molar-refractivity contribution in [3.05, 3.63) is 66.3 Å². The second kappa shape index (κ2) is 6.64. The molecule has 1 saturated heterocycles. The van der Waals surface area contributed by atoms with E-state index in [1.165, 1.54) is 29.2 Å². The molecule has 1 atom stereocenters. The molecule has 27 heavy (non-hydrogen) atoms. The van der Waals surface area contributed by atoms with Crippen molar-refractivity contribution >= 4 is 17.6 Å². The molecule has 0 bridgehead atoms. The first-order valence-electron chi connectivity index (χ1n) is 8.33. The van der Waals surface area contributed by atoms with Gasteiger partial charge in [-0.25, -0.2) is 9.18 Å². The number of hydrogen-bond acceptors (Lipinski definition) is 5. The molecule has 136 valence electrons. The maximum Gasteiger partial charge on any atom is 0.332 e. The number of imide groups is 1. The van der Waals surface area contributed by atoms with Gasteiger partial charge >= 0.3 is 6.03 Å². The van der Waals surface area contributed by atoms with Crippen molar-refractivity contribution in [3.8, 4) is 11.4 Å². The molecule has 8 heteroatoms. The van der Waals surface area contributed by atoms with Crippen LogP contribution in [0.3, 0.4) is 0 Å². The lowest BCUT2D eigenvalue weighted by Gasteiger charge is -2.18. The van der Waals surface area contributed by atoms with Crippen LogP contribution in [0, 0.1) is 5.82 Å². The summed E-state index contributed by atoms with van der Waals surface area (Å²) in [5.74, 6) is -0.327. The van der Waals surface area contributed by atoms with Gasteiger partial charge in [0.2, 0.25) is 11.7 Å². The Morgan fingerprint density at radius 2 is 1.78 bits per heavy atom. The van der Waals surface area contributed by atoms with Crippen LogP contribution in [0.4, 0.5) is 14.9 Å². The zero-order chi connectivity index (χ0) is 19.0.